The van der Waals surface area contributed by atoms with Crippen molar-refractivity contribution in [3.8, 4) is 6.07 Å². The minimum atomic E-state index is -1.10. The van der Waals surface area contributed by atoms with Crippen LogP contribution in [0.15, 0.2) is 23.4 Å². The molecule has 1 saturated heterocycles. The Hall–Kier alpha value is -0.960. The van der Waals surface area contributed by atoms with Crippen LogP contribution in [0.4, 0.5) is 0 Å². The van der Waals surface area contributed by atoms with E-state index in [0.29, 0.717) is 10.6 Å². The van der Waals surface area contributed by atoms with Gasteiger partial charge in [0.1, 0.15) is 5.03 Å². The van der Waals surface area contributed by atoms with E-state index >= 15 is 0 Å². The molecular formula is C10H12ClN3OS. The topological polar surface area (TPSA) is 65.8 Å². The van der Waals surface area contributed by atoms with Gasteiger partial charge in [-0.2, -0.15) is 5.26 Å². The summed E-state index contributed by atoms with van der Waals surface area (Å²) in [6, 6.07) is 5.25. The molecule has 0 radical (unpaired) electrons. The predicted octanol–water partition coefficient (Wildman–Crippen LogP) is 0.845. The third kappa shape index (κ3) is 2.79. The van der Waals surface area contributed by atoms with E-state index in [9.17, 15) is 4.21 Å². The Balaban J connectivity index is 0.00000128. The normalized spacial score (nSPS) is 20.8. The van der Waals surface area contributed by atoms with Gasteiger partial charge >= 0.3 is 0 Å². The number of nitrogens with one attached hydrogen (secondary N) is 1. The molecule has 1 N–H and O–H groups in total. The molecular weight excluding hydrogens is 246 g/mol. The van der Waals surface area contributed by atoms with Crippen LogP contribution in [0.1, 0.15) is 12.0 Å². The largest absolute Gasteiger partial charge is 0.315 e. The Morgan fingerprint density at radius 2 is 2.44 bits per heavy atom. The molecule has 0 amide bonds. The average Bonchev–Trinajstić information content (AvgIpc) is 2.81. The Bertz CT molecular complexity index is 426. The van der Waals surface area contributed by atoms with Gasteiger partial charge in [0.05, 0.1) is 27.7 Å². The second-order valence-electron chi connectivity index (χ2n) is 3.41. The van der Waals surface area contributed by atoms with Crippen LogP contribution < -0.4 is 5.32 Å². The number of hydrogen-bond donors (Lipinski definition) is 1. The number of aromatic nitrogens is 1. The number of rotatable bonds is 2. The highest BCUT2D eigenvalue weighted by atomic mass is 35.5. The van der Waals surface area contributed by atoms with Crippen molar-refractivity contribution >= 4 is 23.2 Å². The first kappa shape index (κ1) is 13.1. The average molecular weight is 258 g/mol. The maximum atomic E-state index is 12.0. The van der Waals surface area contributed by atoms with E-state index in [-0.39, 0.29) is 17.7 Å². The van der Waals surface area contributed by atoms with Crippen molar-refractivity contribution in [2.45, 2.75) is 16.7 Å². The zero-order chi connectivity index (χ0) is 10.7. The summed E-state index contributed by atoms with van der Waals surface area (Å²) in [5, 5.41) is 12.5. The van der Waals surface area contributed by atoms with Gasteiger partial charge in [-0.25, -0.2) is 4.98 Å². The molecule has 2 atom stereocenters. The fourth-order valence-corrected chi connectivity index (χ4v) is 2.92. The maximum Gasteiger partial charge on any atom is 0.128 e. The van der Waals surface area contributed by atoms with Gasteiger partial charge in [0, 0.05) is 12.7 Å². The molecule has 1 unspecified atom stereocenters. The Labute approximate surface area is 103 Å². The lowest BCUT2D eigenvalue weighted by molar-refractivity contribution is 0.669. The third-order valence-electron chi connectivity index (χ3n) is 2.39. The van der Waals surface area contributed by atoms with E-state index in [1.54, 1.807) is 12.1 Å². The van der Waals surface area contributed by atoms with Crippen LogP contribution in [-0.2, 0) is 10.8 Å². The molecule has 1 fully saturated rings. The molecule has 1 aromatic heterocycles. The summed E-state index contributed by atoms with van der Waals surface area (Å²) < 4.78 is 12.0. The highest BCUT2D eigenvalue weighted by Gasteiger charge is 2.23. The van der Waals surface area contributed by atoms with Crippen molar-refractivity contribution in [3.63, 3.8) is 0 Å². The second kappa shape index (κ2) is 5.94. The summed E-state index contributed by atoms with van der Waals surface area (Å²) in [4.78, 5) is 4.05. The summed E-state index contributed by atoms with van der Waals surface area (Å²) >= 11 is 0. The molecule has 0 aromatic carbocycles. The van der Waals surface area contributed by atoms with Gasteiger partial charge in [0.15, 0.2) is 0 Å². The number of hydrogen-bond acceptors (Lipinski definition) is 4. The Kier molecular flexibility index (Phi) is 4.87. The van der Waals surface area contributed by atoms with Gasteiger partial charge in [-0.1, -0.05) is 0 Å². The molecule has 4 nitrogen and oxygen atoms in total. The molecule has 2 heterocycles. The van der Waals surface area contributed by atoms with E-state index in [4.69, 9.17) is 5.26 Å². The summed E-state index contributed by atoms with van der Waals surface area (Å²) in [5.41, 5.74) is 0.513. The van der Waals surface area contributed by atoms with Crippen LogP contribution in [-0.4, -0.2) is 27.5 Å². The standard InChI is InChI=1S/C10H11N3OS.ClH/c11-6-8-1-4-13-10(5-8)15(14)9-2-3-12-7-9;/h1,4-5,9,12H,2-3,7H2;1H/t9-,15?;/m0./s1. The first-order valence-electron chi connectivity index (χ1n) is 4.78. The highest BCUT2D eigenvalue weighted by molar-refractivity contribution is 7.85. The molecule has 86 valence electrons. The van der Waals surface area contributed by atoms with Crippen LogP contribution in [0.5, 0.6) is 0 Å². The van der Waals surface area contributed by atoms with Gasteiger partial charge in [0.25, 0.3) is 0 Å². The van der Waals surface area contributed by atoms with Gasteiger partial charge in [-0.15, -0.1) is 12.4 Å². The van der Waals surface area contributed by atoms with Crippen molar-refractivity contribution < 1.29 is 4.21 Å². The molecule has 0 bridgehead atoms. The molecule has 1 aliphatic rings. The second-order valence-corrected chi connectivity index (χ2v) is 5.09. The van der Waals surface area contributed by atoms with E-state index in [1.165, 1.54) is 6.20 Å². The molecule has 0 aliphatic carbocycles. The molecule has 0 saturated carbocycles. The zero-order valence-corrected chi connectivity index (χ0v) is 10.2. The highest BCUT2D eigenvalue weighted by Crippen LogP contribution is 2.14. The number of nitrogens with zero attached hydrogens (tertiary/aromatic N) is 2. The molecule has 6 heteroatoms. The van der Waals surface area contributed by atoms with E-state index in [2.05, 4.69) is 10.3 Å². The van der Waals surface area contributed by atoms with Crippen molar-refractivity contribution in [1.29, 1.82) is 5.26 Å². The number of nitriles is 1. The van der Waals surface area contributed by atoms with Crippen LogP contribution in [0.2, 0.25) is 0 Å². The lowest BCUT2D eigenvalue weighted by Gasteiger charge is -2.07. The fourth-order valence-electron chi connectivity index (χ4n) is 1.57. The van der Waals surface area contributed by atoms with Crippen LogP contribution in [0.3, 0.4) is 0 Å². The van der Waals surface area contributed by atoms with E-state index in [0.717, 1.165) is 19.5 Å². The van der Waals surface area contributed by atoms with Crippen molar-refractivity contribution in [2.75, 3.05) is 13.1 Å². The van der Waals surface area contributed by atoms with Crippen LogP contribution in [0, 0.1) is 11.3 Å². The van der Waals surface area contributed by atoms with Crippen LogP contribution in [0.25, 0.3) is 0 Å². The van der Waals surface area contributed by atoms with Gasteiger partial charge in [-0.3, -0.25) is 4.21 Å². The Morgan fingerprint density at radius 1 is 1.62 bits per heavy atom. The monoisotopic (exact) mass is 257 g/mol. The quantitative estimate of drug-likeness (QED) is 0.853. The molecule has 2 rings (SSSR count). The lowest BCUT2D eigenvalue weighted by Crippen LogP contribution is -2.19. The summed E-state index contributed by atoms with van der Waals surface area (Å²) in [5.74, 6) is 0. The minimum Gasteiger partial charge on any atom is -0.315 e. The maximum absolute atomic E-state index is 12.0. The SMILES string of the molecule is Cl.N#Cc1ccnc(S(=O)[C@H]2CCNC2)c1. The lowest BCUT2D eigenvalue weighted by atomic mass is 10.3. The predicted molar refractivity (Wildman–Crippen MR) is 63.9 cm³/mol. The van der Waals surface area contributed by atoms with Crippen molar-refractivity contribution in [1.82, 2.24) is 10.3 Å². The third-order valence-corrected chi connectivity index (χ3v) is 4.03. The van der Waals surface area contributed by atoms with Crippen molar-refractivity contribution in [3.05, 3.63) is 23.9 Å². The molecule has 1 aliphatic heterocycles. The van der Waals surface area contributed by atoms with Crippen molar-refractivity contribution in [2.24, 2.45) is 0 Å². The van der Waals surface area contributed by atoms with Gasteiger partial charge in [-0.05, 0) is 25.1 Å². The summed E-state index contributed by atoms with van der Waals surface area (Å²) in [6.45, 7) is 1.68. The van der Waals surface area contributed by atoms with E-state index < -0.39 is 10.8 Å². The van der Waals surface area contributed by atoms with Crippen LogP contribution >= 0.6 is 12.4 Å². The zero-order valence-electron chi connectivity index (χ0n) is 8.55. The smallest absolute Gasteiger partial charge is 0.128 e. The Morgan fingerprint density at radius 3 is 3.06 bits per heavy atom. The fraction of sp³-hybridized carbons (Fsp3) is 0.400. The first-order chi connectivity index (χ1) is 7.31. The molecule has 0 spiro atoms. The van der Waals surface area contributed by atoms with Gasteiger partial charge < -0.3 is 5.32 Å². The minimum absolute atomic E-state index is 0. The number of halogens is 1. The first-order valence-corrected chi connectivity index (χ1v) is 6.00. The van der Waals surface area contributed by atoms with Gasteiger partial charge in [0.2, 0.25) is 0 Å². The number of pyridine rings is 1. The molecule has 1 aromatic rings. The van der Waals surface area contributed by atoms with E-state index in [1.807, 2.05) is 6.07 Å². The molecule has 16 heavy (non-hydrogen) atoms. The summed E-state index contributed by atoms with van der Waals surface area (Å²) in [6.07, 6.45) is 2.44. The summed E-state index contributed by atoms with van der Waals surface area (Å²) in [7, 11) is -1.10.